The molecule has 0 bridgehead atoms. The Hall–Kier alpha value is -4.38. The van der Waals surface area contributed by atoms with Crippen molar-refractivity contribution in [2.75, 3.05) is 0 Å². The molecule has 0 atom stereocenters. The summed E-state index contributed by atoms with van der Waals surface area (Å²) in [5.41, 5.74) is 4.18. The zero-order chi connectivity index (χ0) is 21.9. The first kappa shape index (κ1) is 19.6. The Morgan fingerprint density at radius 1 is 0.875 bits per heavy atom. The molecule has 1 heterocycles. The molecule has 0 aliphatic rings. The number of aromatic hydroxyl groups is 1. The topological polar surface area (TPSA) is 72.6 Å². The number of aromatic nitrogens is 1. The van der Waals surface area contributed by atoms with Crippen molar-refractivity contribution in [2.45, 2.75) is 6.61 Å². The number of para-hydroxylation sites is 2. The fourth-order valence-corrected chi connectivity index (χ4v) is 3.44. The summed E-state index contributed by atoms with van der Waals surface area (Å²) >= 11 is 0. The summed E-state index contributed by atoms with van der Waals surface area (Å²) in [6.45, 7) is 0.319. The highest BCUT2D eigenvalue weighted by Crippen LogP contribution is 2.27. The Morgan fingerprint density at radius 2 is 1.62 bits per heavy atom. The predicted molar refractivity (Wildman–Crippen MR) is 122 cm³/mol. The third-order valence-corrected chi connectivity index (χ3v) is 5.15. The fraction of sp³-hybridized carbons (Fsp3) is 0.0370. The van der Waals surface area contributed by atoms with Crippen LogP contribution in [0.25, 0.3) is 22.6 Å². The van der Waals surface area contributed by atoms with Gasteiger partial charge in [-0.3, -0.25) is 4.79 Å². The van der Waals surface area contributed by atoms with Crippen molar-refractivity contribution in [1.82, 2.24) is 4.98 Å². The standard InChI is InChI=1S/C27H19NO4/c29-24-16-21(14-15-22(24)26(30)19-6-2-1-3-7-19)31-17-18-10-12-20(13-11-18)27-28-23-8-4-5-9-25(23)32-27/h1-16,29H,17H2. The van der Waals surface area contributed by atoms with Crippen LogP contribution in [-0.4, -0.2) is 15.9 Å². The largest absolute Gasteiger partial charge is 0.507 e. The molecule has 0 saturated heterocycles. The minimum atomic E-state index is -0.232. The van der Waals surface area contributed by atoms with E-state index in [1.165, 1.54) is 6.07 Å². The normalized spacial score (nSPS) is 10.9. The van der Waals surface area contributed by atoms with Crippen LogP contribution in [0.3, 0.4) is 0 Å². The van der Waals surface area contributed by atoms with Crippen molar-refractivity contribution in [3.8, 4) is 23.0 Å². The number of ketones is 1. The van der Waals surface area contributed by atoms with Crippen LogP contribution >= 0.6 is 0 Å². The van der Waals surface area contributed by atoms with Crippen molar-refractivity contribution in [3.63, 3.8) is 0 Å². The molecule has 0 radical (unpaired) electrons. The molecule has 0 amide bonds. The second-order valence-corrected chi connectivity index (χ2v) is 7.35. The van der Waals surface area contributed by atoms with E-state index in [1.807, 2.05) is 54.6 Å². The van der Waals surface area contributed by atoms with Gasteiger partial charge in [0.05, 0.1) is 5.56 Å². The van der Waals surface area contributed by atoms with Crippen LogP contribution in [0.5, 0.6) is 11.5 Å². The lowest BCUT2D eigenvalue weighted by Crippen LogP contribution is -2.02. The number of carbonyl (C=O) groups excluding carboxylic acids is 1. The van der Waals surface area contributed by atoms with E-state index in [0.717, 1.165) is 22.2 Å². The lowest BCUT2D eigenvalue weighted by atomic mass is 10.0. The maximum absolute atomic E-state index is 12.6. The van der Waals surface area contributed by atoms with E-state index >= 15 is 0 Å². The van der Waals surface area contributed by atoms with Crippen molar-refractivity contribution >= 4 is 16.9 Å². The Bertz CT molecular complexity index is 1360. The number of hydrogen-bond acceptors (Lipinski definition) is 5. The summed E-state index contributed by atoms with van der Waals surface area (Å²) in [5, 5.41) is 10.3. The Balaban J connectivity index is 1.26. The number of fused-ring (bicyclic) bond motifs is 1. The molecule has 156 valence electrons. The van der Waals surface area contributed by atoms with Crippen LogP contribution in [0.1, 0.15) is 21.5 Å². The van der Waals surface area contributed by atoms with E-state index in [1.54, 1.807) is 36.4 Å². The molecule has 0 fully saturated rings. The molecule has 4 aromatic carbocycles. The van der Waals surface area contributed by atoms with E-state index in [0.29, 0.717) is 23.8 Å². The Morgan fingerprint density at radius 3 is 2.38 bits per heavy atom. The van der Waals surface area contributed by atoms with E-state index in [4.69, 9.17) is 9.15 Å². The zero-order valence-electron chi connectivity index (χ0n) is 17.1. The van der Waals surface area contributed by atoms with Crippen LogP contribution in [0.15, 0.2) is 101 Å². The molecule has 5 heteroatoms. The van der Waals surface area contributed by atoms with E-state index in [2.05, 4.69) is 4.98 Å². The highest BCUT2D eigenvalue weighted by atomic mass is 16.5. The number of hydrogen-bond donors (Lipinski definition) is 1. The van der Waals surface area contributed by atoms with Crippen molar-refractivity contribution in [2.24, 2.45) is 0 Å². The fourth-order valence-electron chi connectivity index (χ4n) is 3.44. The first-order valence-corrected chi connectivity index (χ1v) is 10.2. The van der Waals surface area contributed by atoms with E-state index in [9.17, 15) is 9.90 Å². The van der Waals surface area contributed by atoms with Gasteiger partial charge in [-0.2, -0.15) is 0 Å². The molecular formula is C27H19NO4. The molecule has 32 heavy (non-hydrogen) atoms. The number of carbonyl (C=O) groups is 1. The molecule has 5 aromatic rings. The van der Waals surface area contributed by atoms with Gasteiger partial charge in [0.15, 0.2) is 11.4 Å². The van der Waals surface area contributed by atoms with Gasteiger partial charge in [0, 0.05) is 17.2 Å². The molecule has 0 spiro atoms. The van der Waals surface area contributed by atoms with E-state index in [-0.39, 0.29) is 17.1 Å². The van der Waals surface area contributed by atoms with Gasteiger partial charge < -0.3 is 14.3 Å². The zero-order valence-corrected chi connectivity index (χ0v) is 17.1. The number of benzene rings is 4. The predicted octanol–water partition coefficient (Wildman–Crippen LogP) is 6.01. The van der Waals surface area contributed by atoms with Gasteiger partial charge in [-0.05, 0) is 42.0 Å². The van der Waals surface area contributed by atoms with Gasteiger partial charge in [0.1, 0.15) is 23.6 Å². The smallest absolute Gasteiger partial charge is 0.227 e. The number of ether oxygens (including phenoxy) is 1. The molecule has 1 aromatic heterocycles. The van der Waals surface area contributed by atoms with Crippen LogP contribution in [0, 0.1) is 0 Å². The van der Waals surface area contributed by atoms with E-state index < -0.39 is 0 Å². The maximum Gasteiger partial charge on any atom is 0.227 e. The molecule has 0 unspecified atom stereocenters. The van der Waals surface area contributed by atoms with Crippen molar-refractivity contribution in [1.29, 1.82) is 0 Å². The molecule has 0 saturated carbocycles. The second-order valence-electron chi connectivity index (χ2n) is 7.35. The van der Waals surface area contributed by atoms with Gasteiger partial charge in [0.25, 0.3) is 0 Å². The number of nitrogens with zero attached hydrogens (tertiary/aromatic N) is 1. The average Bonchev–Trinajstić information content (AvgIpc) is 3.28. The van der Waals surface area contributed by atoms with Gasteiger partial charge in [-0.15, -0.1) is 0 Å². The second kappa shape index (κ2) is 8.40. The van der Waals surface area contributed by atoms with Crippen LogP contribution in [-0.2, 0) is 6.61 Å². The highest BCUT2D eigenvalue weighted by molar-refractivity contribution is 6.10. The van der Waals surface area contributed by atoms with Crippen LogP contribution in [0.2, 0.25) is 0 Å². The summed E-state index contributed by atoms with van der Waals surface area (Å²) in [6.07, 6.45) is 0. The lowest BCUT2D eigenvalue weighted by molar-refractivity contribution is 0.103. The summed E-state index contributed by atoms with van der Waals surface area (Å²) in [4.78, 5) is 17.1. The first-order valence-electron chi connectivity index (χ1n) is 10.2. The average molecular weight is 421 g/mol. The summed E-state index contributed by atoms with van der Waals surface area (Å²) < 4.78 is 11.6. The summed E-state index contributed by atoms with van der Waals surface area (Å²) in [5.74, 6) is 0.712. The minimum Gasteiger partial charge on any atom is -0.507 e. The van der Waals surface area contributed by atoms with Gasteiger partial charge in [-0.25, -0.2) is 4.98 Å². The molecule has 5 rings (SSSR count). The van der Waals surface area contributed by atoms with Crippen LogP contribution in [0.4, 0.5) is 0 Å². The number of oxazole rings is 1. The molecule has 0 aliphatic heterocycles. The third-order valence-electron chi connectivity index (χ3n) is 5.15. The monoisotopic (exact) mass is 421 g/mol. The Kier molecular flexibility index (Phi) is 5.14. The SMILES string of the molecule is O=C(c1ccccc1)c1ccc(OCc2ccc(-c3nc4ccccc4o3)cc2)cc1O. The maximum atomic E-state index is 12.6. The van der Waals surface area contributed by atoms with Gasteiger partial charge >= 0.3 is 0 Å². The third kappa shape index (κ3) is 3.96. The Labute approximate surface area is 184 Å². The van der Waals surface area contributed by atoms with Crippen molar-refractivity contribution < 1.29 is 19.1 Å². The number of rotatable bonds is 6. The minimum absolute atomic E-state index is 0.109. The van der Waals surface area contributed by atoms with Crippen molar-refractivity contribution in [3.05, 3.63) is 114 Å². The molecule has 1 N–H and O–H groups in total. The molecular weight excluding hydrogens is 402 g/mol. The van der Waals surface area contributed by atoms with Crippen LogP contribution < -0.4 is 4.74 Å². The molecule has 5 nitrogen and oxygen atoms in total. The number of phenols is 1. The summed E-state index contributed by atoms with van der Waals surface area (Å²) in [7, 11) is 0. The van der Waals surface area contributed by atoms with Gasteiger partial charge in [0.2, 0.25) is 5.89 Å². The molecule has 0 aliphatic carbocycles. The lowest BCUT2D eigenvalue weighted by Gasteiger charge is -2.09. The van der Waals surface area contributed by atoms with Gasteiger partial charge in [-0.1, -0.05) is 54.6 Å². The summed E-state index contributed by atoms with van der Waals surface area (Å²) in [6, 6.07) is 29.0. The highest BCUT2D eigenvalue weighted by Gasteiger charge is 2.14. The quantitative estimate of drug-likeness (QED) is 0.340. The first-order chi connectivity index (χ1) is 15.7. The number of phenolic OH excluding ortho intramolecular Hbond substituents is 1.